The maximum atomic E-state index is 13.6. The van der Waals surface area contributed by atoms with Crippen LogP contribution >= 0.6 is 15.6 Å². The quantitative estimate of drug-likeness (QED) is 0.131. The van der Waals surface area contributed by atoms with E-state index in [2.05, 4.69) is 0 Å². The Bertz CT molecular complexity index is 1540. The minimum absolute atomic E-state index is 0.0107. The first kappa shape index (κ1) is 32.4. The van der Waals surface area contributed by atoms with E-state index in [-0.39, 0.29) is 83.2 Å². The van der Waals surface area contributed by atoms with Crippen LogP contribution < -0.4 is 4.52 Å². The largest absolute Gasteiger partial charge is 0.530 e. The minimum Gasteiger partial charge on any atom is -0.508 e. The van der Waals surface area contributed by atoms with Crippen molar-refractivity contribution in [1.82, 2.24) is 0 Å². The number of allylic oxidation sites excluding steroid dienone is 1. The fraction of sp³-hybridized carbons (Fsp3) is 0.310. The van der Waals surface area contributed by atoms with Crippen LogP contribution in [-0.2, 0) is 31.7 Å². The summed E-state index contributed by atoms with van der Waals surface area (Å²) in [5, 5.41) is 42.2. The number of hydrogen-bond acceptors (Lipinski definition) is 12. The van der Waals surface area contributed by atoms with E-state index < -0.39 is 21.6 Å². The Balaban J connectivity index is 1.93. The van der Waals surface area contributed by atoms with Gasteiger partial charge < -0.3 is 29.5 Å². The highest BCUT2D eigenvalue weighted by Crippen LogP contribution is 2.61. The van der Waals surface area contributed by atoms with Crippen LogP contribution in [0.15, 0.2) is 54.6 Å². The van der Waals surface area contributed by atoms with Gasteiger partial charge in [-0.2, -0.15) is 0 Å². The van der Waals surface area contributed by atoms with Gasteiger partial charge in [-0.1, -0.05) is 12.1 Å². The third kappa shape index (κ3) is 7.18. The molecule has 1 aliphatic rings. The van der Waals surface area contributed by atoms with E-state index in [1.807, 2.05) is 0 Å². The lowest BCUT2D eigenvalue weighted by Gasteiger charge is -2.21. The fourth-order valence-corrected chi connectivity index (χ4v) is 7.21. The molecule has 1 aliphatic carbocycles. The monoisotopic (exact) mass is 636 g/mol. The summed E-state index contributed by atoms with van der Waals surface area (Å²) >= 11 is 0. The summed E-state index contributed by atoms with van der Waals surface area (Å²) in [5.74, 6) is -1.90. The molecular weight excluding hydrogens is 602 g/mol. The molecule has 0 heterocycles. The predicted molar refractivity (Wildman–Crippen MR) is 158 cm³/mol. The van der Waals surface area contributed by atoms with Gasteiger partial charge in [0.05, 0.1) is 26.4 Å². The molecule has 14 heteroatoms. The first-order chi connectivity index (χ1) is 20.5. The highest BCUT2D eigenvalue weighted by Gasteiger charge is 2.42. The molecule has 3 aromatic carbocycles. The summed E-state index contributed by atoms with van der Waals surface area (Å²) in [6.07, 6.45) is 0. The molecule has 0 saturated heterocycles. The molecule has 0 radical (unpaired) electrons. The van der Waals surface area contributed by atoms with Crippen molar-refractivity contribution < 1.29 is 56.7 Å². The summed E-state index contributed by atoms with van der Waals surface area (Å²) in [7, 11) is -8.10. The normalized spacial score (nSPS) is 15.0. The van der Waals surface area contributed by atoms with E-state index in [9.17, 15) is 29.6 Å². The Morgan fingerprint density at radius 2 is 1.14 bits per heavy atom. The van der Waals surface area contributed by atoms with Crippen LogP contribution in [0.1, 0.15) is 55.9 Å². The van der Waals surface area contributed by atoms with Crippen molar-refractivity contribution in [3.63, 3.8) is 0 Å². The summed E-state index contributed by atoms with van der Waals surface area (Å²) < 4.78 is 59.2. The Morgan fingerprint density at radius 1 is 0.651 bits per heavy atom. The van der Waals surface area contributed by atoms with Crippen LogP contribution in [0.3, 0.4) is 0 Å². The number of phosphoric acid groups is 2. The second-order valence-electron chi connectivity index (χ2n) is 9.16. The second kappa shape index (κ2) is 13.4. The maximum absolute atomic E-state index is 13.6. The molecule has 3 aromatic rings. The lowest BCUT2D eigenvalue weighted by molar-refractivity contribution is 0.159. The number of phenols is 4. The van der Waals surface area contributed by atoms with E-state index in [0.29, 0.717) is 5.56 Å². The number of phosphoric ester groups is 2. The number of rotatable bonds is 14. The first-order valence-corrected chi connectivity index (χ1v) is 16.5. The average Bonchev–Trinajstić information content (AvgIpc) is 3.22. The van der Waals surface area contributed by atoms with Crippen molar-refractivity contribution in [2.45, 2.75) is 33.6 Å². The van der Waals surface area contributed by atoms with Crippen LogP contribution in [-0.4, -0.2) is 46.9 Å². The minimum atomic E-state index is -4.22. The van der Waals surface area contributed by atoms with E-state index in [1.54, 1.807) is 39.8 Å². The van der Waals surface area contributed by atoms with E-state index in [4.69, 9.17) is 27.1 Å². The SMILES string of the molecule is CCOP(=O)(OCC)OC1=C(c2cc(O)cc(O)c2)C(c2ccc(OP(=O)(OCC)OCC)cc2)c2c(O)cc(O)cc21. The van der Waals surface area contributed by atoms with Gasteiger partial charge in [-0.25, -0.2) is 9.13 Å². The highest BCUT2D eigenvalue weighted by molar-refractivity contribution is 7.49. The van der Waals surface area contributed by atoms with Crippen molar-refractivity contribution in [3.8, 4) is 28.7 Å². The van der Waals surface area contributed by atoms with Gasteiger partial charge >= 0.3 is 15.6 Å². The fourth-order valence-electron chi connectivity index (χ4n) is 4.79. The molecule has 0 aliphatic heterocycles. The number of benzene rings is 3. The van der Waals surface area contributed by atoms with Crippen LogP contribution in [0.5, 0.6) is 28.7 Å². The van der Waals surface area contributed by atoms with Crippen LogP contribution in [0, 0.1) is 0 Å². The molecule has 12 nitrogen and oxygen atoms in total. The third-order valence-electron chi connectivity index (χ3n) is 6.21. The van der Waals surface area contributed by atoms with Gasteiger partial charge in [-0.15, -0.1) is 0 Å². The molecule has 1 atom stereocenters. The smallest absolute Gasteiger partial charge is 0.508 e. The molecule has 0 aromatic heterocycles. The molecule has 43 heavy (non-hydrogen) atoms. The van der Waals surface area contributed by atoms with Crippen molar-refractivity contribution in [3.05, 3.63) is 76.9 Å². The van der Waals surface area contributed by atoms with Crippen molar-refractivity contribution in [2.24, 2.45) is 0 Å². The van der Waals surface area contributed by atoms with Crippen molar-refractivity contribution in [2.75, 3.05) is 26.4 Å². The summed E-state index contributed by atoms with van der Waals surface area (Å²) in [6.45, 7) is 6.71. The average molecular weight is 637 g/mol. The van der Waals surface area contributed by atoms with E-state index in [0.717, 1.165) is 12.1 Å². The molecule has 0 amide bonds. The van der Waals surface area contributed by atoms with E-state index >= 15 is 0 Å². The van der Waals surface area contributed by atoms with Gasteiger partial charge in [0.1, 0.15) is 34.5 Å². The number of fused-ring (bicyclic) bond motifs is 1. The lowest BCUT2D eigenvalue weighted by atomic mass is 9.84. The van der Waals surface area contributed by atoms with Gasteiger partial charge in [-0.3, -0.25) is 18.1 Å². The van der Waals surface area contributed by atoms with Gasteiger partial charge in [0, 0.05) is 34.8 Å². The topological polar surface area (TPSA) is 170 Å². The lowest BCUT2D eigenvalue weighted by Crippen LogP contribution is -2.04. The Hall–Kier alpha value is -3.50. The van der Waals surface area contributed by atoms with Crippen LogP contribution in [0.2, 0.25) is 0 Å². The van der Waals surface area contributed by atoms with Gasteiger partial charge in [0.25, 0.3) is 0 Å². The third-order valence-corrected chi connectivity index (χ3v) is 9.34. The van der Waals surface area contributed by atoms with Gasteiger partial charge in [0.2, 0.25) is 0 Å². The summed E-state index contributed by atoms with van der Waals surface area (Å²) in [6, 6.07) is 12.7. The zero-order valence-electron chi connectivity index (χ0n) is 24.1. The molecule has 4 rings (SSSR count). The summed E-state index contributed by atoms with van der Waals surface area (Å²) in [5.41, 5.74) is 1.51. The maximum Gasteiger partial charge on any atom is 0.530 e. The molecule has 1 unspecified atom stereocenters. The molecule has 232 valence electrons. The predicted octanol–water partition coefficient (Wildman–Crippen LogP) is 7.28. The van der Waals surface area contributed by atoms with Gasteiger partial charge in [0.15, 0.2) is 0 Å². The number of phenolic OH excluding ortho intramolecular Hbond substituents is 4. The molecule has 0 spiro atoms. The number of aromatic hydroxyl groups is 4. The Kier molecular flexibility index (Phi) is 10.1. The first-order valence-electron chi connectivity index (χ1n) is 13.6. The van der Waals surface area contributed by atoms with Crippen molar-refractivity contribution in [1.29, 1.82) is 0 Å². The highest BCUT2D eigenvalue weighted by atomic mass is 31.2. The molecule has 4 N–H and O–H groups in total. The number of hydrogen-bond donors (Lipinski definition) is 4. The molecule has 0 bridgehead atoms. The zero-order chi connectivity index (χ0) is 31.4. The summed E-state index contributed by atoms with van der Waals surface area (Å²) in [4.78, 5) is 0. The zero-order valence-corrected chi connectivity index (χ0v) is 25.8. The Labute approximate surface area is 249 Å². The Morgan fingerprint density at radius 3 is 1.65 bits per heavy atom. The van der Waals surface area contributed by atoms with Crippen molar-refractivity contribution >= 4 is 27.0 Å². The van der Waals surface area contributed by atoms with Gasteiger partial charge in [-0.05, 0) is 69.2 Å². The molecule has 0 saturated carbocycles. The van der Waals surface area contributed by atoms with E-state index in [1.165, 1.54) is 30.3 Å². The van der Waals surface area contributed by atoms with Crippen LogP contribution in [0.4, 0.5) is 0 Å². The molecular formula is C29H34O12P2. The standard InChI is InChI=1S/C29H34O12P2/c1-5-36-42(34,37-6-2)40-23-11-9-18(10-12-23)26-27(19-13-20(30)15-21(31)14-19)29(41-43(35,38-7-3)39-8-4)24-16-22(32)17-25(33)28(24)26/h9-17,26,30-33H,5-8H2,1-4H3. The second-order valence-corrected chi connectivity index (χ2v) is 12.3. The van der Waals surface area contributed by atoms with Crippen LogP contribution in [0.25, 0.3) is 11.3 Å². The molecule has 0 fully saturated rings.